The van der Waals surface area contributed by atoms with Gasteiger partial charge in [-0.15, -0.1) is 15.3 Å². The number of carboxylic acid groups (broad SMARTS) is 1. The molecular weight excluding hydrogens is 791 g/mol. The fourth-order valence-corrected chi connectivity index (χ4v) is 7.28. The quantitative estimate of drug-likeness (QED) is 0.0428. The number of aromatic hydroxyl groups is 2. The fraction of sp³-hybridized carbons (Fsp3) is 0. The lowest BCUT2D eigenvalue weighted by Gasteiger charge is -2.15. The first-order valence-corrected chi connectivity index (χ1v) is 19.5. The Morgan fingerprint density at radius 1 is 0.552 bits per heavy atom. The van der Waals surface area contributed by atoms with Crippen LogP contribution in [0.15, 0.2) is 162 Å². The number of phenolic OH excluding ortho intramolecular Hbond substituents is 1. The van der Waals surface area contributed by atoms with Gasteiger partial charge in [0.25, 0.3) is 20.2 Å². The minimum Gasteiger partial charge on any atom is -0.507 e. The smallest absolute Gasteiger partial charge is 0.339 e. The fourth-order valence-electron chi connectivity index (χ4n) is 5.96. The molecule has 0 aromatic heterocycles. The molecule has 0 saturated carbocycles. The molecule has 0 amide bonds. The zero-order chi connectivity index (χ0) is 41.4. The summed E-state index contributed by atoms with van der Waals surface area (Å²) in [4.78, 5) is 9.46. The zero-order valence-corrected chi connectivity index (χ0v) is 31.0. The molecule has 0 spiro atoms. The van der Waals surface area contributed by atoms with Crippen LogP contribution in [0.3, 0.4) is 0 Å². The predicted octanol–water partition coefficient (Wildman–Crippen LogP) is 10.1. The summed E-state index contributed by atoms with van der Waals surface area (Å²) >= 11 is 0. The first-order valence-electron chi connectivity index (χ1n) is 16.7. The lowest BCUT2D eigenvalue weighted by molar-refractivity contribution is 0.0693. The number of nitrogen functional groups attached to an aromatic ring is 1. The van der Waals surface area contributed by atoms with E-state index >= 15 is 0 Å². The van der Waals surface area contributed by atoms with Crippen molar-refractivity contribution in [3.63, 3.8) is 0 Å². The van der Waals surface area contributed by atoms with E-state index in [2.05, 4.69) is 30.7 Å². The van der Waals surface area contributed by atoms with Gasteiger partial charge in [-0.05, 0) is 71.1 Å². The average molecular weight is 818 g/mol. The van der Waals surface area contributed by atoms with Crippen molar-refractivity contribution >= 4 is 87.6 Å². The highest BCUT2D eigenvalue weighted by Crippen LogP contribution is 2.50. The van der Waals surface area contributed by atoms with Crippen LogP contribution in [-0.2, 0) is 20.2 Å². The van der Waals surface area contributed by atoms with E-state index in [1.54, 1.807) is 78.9 Å². The summed E-state index contributed by atoms with van der Waals surface area (Å²) in [6.07, 6.45) is 0. The van der Waals surface area contributed by atoms with Crippen LogP contribution in [0.5, 0.6) is 11.5 Å². The van der Waals surface area contributed by atoms with Crippen LogP contribution in [0.25, 0.3) is 32.7 Å². The van der Waals surface area contributed by atoms with Crippen molar-refractivity contribution in [1.29, 1.82) is 0 Å². The minimum absolute atomic E-state index is 0.203. The highest BCUT2D eigenvalue weighted by atomic mass is 32.2. The van der Waals surface area contributed by atoms with Gasteiger partial charge in [-0.2, -0.15) is 32.2 Å². The molecule has 0 fully saturated rings. The average Bonchev–Trinajstić information content (AvgIpc) is 3.19. The Kier molecular flexibility index (Phi) is 10.2. The van der Waals surface area contributed by atoms with Crippen LogP contribution in [-0.4, -0.2) is 47.2 Å². The van der Waals surface area contributed by atoms with E-state index in [9.17, 15) is 46.1 Å². The van der Waals surface area contributed by atoms with E-state index in [1.807, 2.05) is 12.1 Å². The molecule has 0 aliphatic carbocycles. The van der Waals surface area contributed by atoms with Gasteiger partial charge in [0.2, 0.25) is 0 Å². The van der Waals surface area contributed by atoms with Gasteiger partial charge in [0.1, 0.15) is 28.4 Å². The molecule has 0 unspecified atom stereocenters. The number of azo groups is 3. The normalized spacial score (nSPS) is 12.4. The van der Waals surface area contributed by atoms with Gasteiger partial charge in [-0.3, -0.25) is 9.11 Å². The van der Waals surface area contributed by atoms with Crippen LogP contribution in [0.2, 0.25) is 0 Å². The maximum atomic E-state index is 13.1. The monoisotopic (exact) mass is 817 g/mol. The molecular formula is C39H27N7O10S2. The Morgan fingerprint density at radius 3 is 1.74 bits per heavy atom. The molecule has 58 heavy (non-hydrogen) atoms. The van der Waals surface area contributed by atoms with E-state index in [0.29, 0.717) is 17.1 Å². The Labute approximate surface area is 328 Å². The second-order valence-corrected chi connectivity index (χ2v) is 15.2. The van der Waals surface area contributed by atoms with Crippen molar-refractivity contribution in [2.75, 3.05) is 5.73 Å². The number of phenols is 2. The summed E-state index contributed by atoms with van der Waals surface area (Å²) in [6, 6.07) is 30.9. The number of carboxylic acids is 1. The summed E-state index contributed by atoms with van der Waals surface area (Å²) in [6.45, 7) is 0. The highest BCUT2D eigenvalue weighted by Gasteiger charge is 2.30. The molecule has 7 aromatic carbocycles. The molecule has 0 aliphatic heterocycles. The van der Waals surface area contributed by atoms with E-state index in [0.717, 1.165) is 22.6 Å². The molecule has 0 aliphatic rings. The molecule has 17 nitrogen and oxygen atoms in total. The second-order valence-electron chi connectivity index (χ2n) is 12.5. The van der Waals surface area contributed by atoms with E-state index in [4.69, 9.17) is 5.73 Å². The number of nitrogens with two attached hydrogens (primary N) is 1. The van der Waals surface area contributed by atoms with E-state index in [1.165, 1.54) is 18.2 Å². The van der Waals surface area contributed by atoms with Crippen LogP contribution < -0.4 is 5.73 Å². The molecule has 7 aromatic rings. The maximum Gasteiger partial charge on any atom is 0.339 e. The first kappa shape index (κ1) is 38.8. The predicted molar refractivity (Wildman–Crippen MR) is 213 cm³/mol. The Bertz CT molecular complexity index is 3110. The van der Waals surface area contributed by atoms with Crippen LogP contribution >= 0.6 is 0 Å². The van der Waals surface area contributed by atoms with Gasteiger partial charge in [0, 0.05) is 16.8 Å². The molecule has 19 heteroatoms. The third-order valence-corrected chi connectivity index (χ3v) is 10.4. The molecule has 0 radical (unpaired) electrons. The number of benzene rings is 7. The standard InChI is InChI=1S/C39H27N7O10S2/c40-35-34-30(19-27(20-33(34)48)57(51,52)53)36(45-44-31-7-3-5-23-4-1-2-6-28(23)31)38(58(54,55)56)37(35)46-42-25-14-10-22(11-15-25)21-8-12-24(13-9-21)41-43-26-16-17-32(47)29(18-26)39(49)50/h1-20,47-48H,40H2,(H,49,50)(H,51,52,53)(H,54,55,56). The summed E-state index contributed by atoms with van der Waals surface area (Å²) < 4.78 is 70.8. The van der Waals surface area contributed by atoms with Crippen LogP contribution in [0.4, 0.5) is 39.8 Å². The number of hydrogen-bond donors (Lipinski definition) is 6. The molecule has 0 bridgehead atoms. The molecule has 0 saturated heterocycles. The Balaban J connectivity index is 1.26. The third-order valence-electron chi connectivity index (χ3n) is 8.71. The topological polar surface area (TPSA) is 287 Å². The van der Waals surface area contributed by atoms with Gasteiger partial charge < -0.3 is 21.1 Å². The van der Waals surface area contributed by atoms with Crippen molar-refractivity contribution in [2.45, 2.75) is 9.79 Å². The summed E-state index contributed by atoms with van der Waals surface area (Å²) in [7, 11) is -10.2. The van der Waals surface area contributed by atoms with Gasteiger partial charge in [0.15, 0.2) is 4.90 Å². The number of hydrogen-bond acceptors (Lipinski definition) is 14. The number of rotatable bonds is 10. The minimum atomic E-state index is -5.29. The lowest BCUT2D eigenvalue weighted by atomic mass is 10.0. The van der Waals surface area contributed by atoms with Gasteiger partial charge in [0.05, 0.1) is 38.7 Å². The van der Waals surface area contributed by atoms with Crippen molar-refractivity contribution in [1.82, 2.24) is 0 Å². The van der Waals surface area contributed by atoms with Gasteiger partial charge in [-0.1, -0.05) is 60.7 Å². The molecule has 7 rings (SSSR count). The number of aromatic carboxylic acids is 1. The zero-order valence-electron chi connectivity index (χ0n) is 29.4. The SMILES string of the molecule is Nc1c(N=Nc2ccc(-c3ccc(N=Nc4ccc(O)c(C(=O)O)c4)cc3)cc2)c(S(=O)(=O)O)c(N=Nc2cccc3ccccc23)c2cc(S(=O)(=O)O)cc(O)c12. The van der Waals surface area contributed by atoms with Crippen molar-refractivity contribution in [3.8, 4) is 22.6 Å². The van der Waals surface area contributed by atoms with Crippen LogP contribution in [0.1, 0.15) is 10.4 Å². The van der Waals surface area contributed by atoms with Gasteiger partial charge >= 0.3 is 5.97 Å². The Morgan fingerprint density at radius 2 is 1.12 bits per heavy atom. The number of fused-ring (bicyclic) bond motifs is 2. The molecule has 0 atom stereocenters. The molecule has 290 valence electrons. The number of anilines is 1. The van der Waals surface area contributed by atoms with E-state index in [-0.39, 0.29) is 28.0 Å². The maximum absolute atomic E-state index is 13.1. The summed E-state index contributed by atoms with van der Waals surface area (Å²) in [5.74, 6) is -2.49. The second kappa shape index (κ2) is 15.2. The lowest BCUT2D eigenvalue weighted by Crippen LogP contribution is -2.04. The highest BCUT2D eigenvalue weighted by molar-refractivity contribution is 7.86. The number of carbonyl (C=O) groups is 1. The van der Waals surface area contributed by atoms with Crippen LogP contribution in [0, 0.1) is 0 Å². The summed E-state index contributed by atoms with van der Waals surface area (Å²) in [5, 5.41) is 55.2. The first-order chi connectivity index (χ1) is 27.6. The molecule has 0 heterocycles. The van der Waals surface area contributed by atoms with Crippen molar-refractivity contribution in [3.05, 3.63) is 127 Å². The van der Waals surface area contributed by atoms with E-state index < -0.39 is 69.9 Å². The number of nitrogens with zero attached hydrogens (tertiary/aromatic N) is 6. The Hall–Kier alpha value is -7.45. The van der Waals surface area contributed by atoms with Crippen molar-refractivity contribution < 1.29 is 46.1 Å². The largest absolute Gasteiger partial charge is 0.507 e. The van der Waals surface area contributed by atoms with Gasteiger partial charge in [-0.25, -0.2) is 4.79 Å². The van der Waals surface area contributed by atoms with Crippen molar-refractivity contribution in [2.24, 2.45) is 30.7 Å². The summed E-state index contributed by atoms with van der Waals surface area (Å²) in [5.41, 5.74) is 6.88. The molecule has 7 N–H and O–H groups in total. The third kappa shape index (κ3) is 7.94.